The highest BCUT2D eigenvalue weighted by atomic mass is 35.5. The summed E-state index contributed by atoms with van der Waals surface area (Å²) in [6.07, 6.45) is 0.819. The molecule has 2 rings (SSSR count). The first kappa shape index (κ1) is 14.9. The van der Waals surface area contributed by atoms with E-state index in [1.165, 1.54) is 0 Å². The van der Waals surface area contributed by atoms with Crippen LogP contribution in [0.1, 0.15) is 21.5 Å². The molecule has 0 fully saturated rings. The first-order chi connectivity index (χ1) is 9.61. The first-order valence-electron chi connectivity index (χ1n) is 6.33. The van der Waals surface area contributed by atoms with Gasteiger partial charge < -0.3 is 5.32 Å². The van der Waals surface area contributed by atoms with Crippen molar-refractivity contribution in [2.45, 2.75) is 13.3 Å². The fourth-order valence-electron chi connectivity index (χ4n) is 1.89. The molecule has 0 saturated carbocycles. The van der Waals surface area contributed by atoms with Crippen LogP contribution >= 0.6 is 23.2 Å². The largest absolute Gasteiger partial charge is 0.322 e. The average Bonchev–Trinajstić information content (AvgIpc) is 2.44. The zero-order valence-corrected chi connectivity index (χ0v) is 12.6. The molecule has 0 heterocycles. The molecule has 104 valence electrons. The summed E-state index contributed by atoms with van der Waals surface area (Å²) in [5.74, 6) is 0.383. The third kappa shape index (κ3) is 3.53. The molecule has 1 amide bonds. The minimum atomic E-state index is -0.205. The second-order valence-electron chi connectivity index (χ2n) is 4.53. The third-order valence-corrected chi connectivity index (χ3v) is 3.72. The summed E-state index contributed by atoms with van der Waals surface area (Å²) >= 11 is 11.8. The van der Waals surface area contributed by atoms with Crippen LogP contribution in [0.2, 0.25) is 5.02 Å². The van der Waals surface area contributed by atoms with Gasteiger partial charge in [-0.2, -0.15) is 0 Å². The van der Waals surface area contributed by atoms with Gasteiger partial charge in [0, 0.05) is 11.6 Å². The molecule has 0 aliphatic rings. The number of nitrogens with one attached hydrogen (secondary N) is 1. The number of halogens is 2. The van der Waals surface area contributed by atoms with Crippen LogP contribution in [-0.4, -0.2) is 11.8 Å². The molecule has 4 heteroatoms. The van der Waals surface area contributed by atoms with Crippen LogP contribution in [0, 0.1) is 6.92 Å². The van der Waals surface area contributed by atoms with E-state index in [0.29, 0.717) is 16.5 Å². The lowest BCUT2D eigenvalue weighted by Gasteiger charge is -2.09. The van der Waals surface area contributed by atoms with E-state index in [9.17, 15) is 4.79 Å². The van der Waals surface area contributed by atoms with Crippen LogP contribution in [0.25, 0.3) is 0 Å². The average molecular weight is 308 g/mol. The zero-order valence-electron chi connectivity index (χ0n) is 11.1. The zero-order chi connectivity index (χ0) is 14.5. The topological polar surface area (TPSA) is 29.1 Å². The van der Waals surface area contributed by atoms with Crippen LogP contribution in [0.5, 0.6) is 0 Å². The van der Waals surface area contributed by atoms with Crippen molar-refractivity contribution >= 4 is 34.8 Å². The lowest BCUT2D eigenvalue weighted by Crippen LogP contribution is -2.12. The van der Waals surface area contributed by atoms with E-state index in [0.717, 1.165) is 23.2 Å². The summed E-state index contributed by atoms with van der Waals surface area (Å²) in [4.78, 5) is 12.2. The molecule has 2 aromatic rings. The first-order valence-corrected chi connectivity index (χ1v) is 7.24. The van der Waals surface area contributed by atoms with Crippen LogP contribution < -0.4 is 5.32 Å². The Bertz CT molecular complexity index is 608. The SMILES string of the molecule is Cc1cccc(C(=O)Nc2ccc(CCCl)cc2)c1Cl. The second-order valence-corrected chi connectivity index (χ2v) is 5.28. The van der Waals surface area contributed by atoms with Gasteiger partial charge in [-0.15, -0.1) is 11.6 Å². The quantitative estimate of drug-likeness (QED) is 0.816. The van der Waals surface area contributed by atoms with Crippen molar-refractivity contribution in [2.75, 3.05) is 11.2 Å². The van der Waals surface area contributed by atoms with Gasteiger partial charge in [-0.05, 0) is 42.7 Å². The monoisotopic (exact) mass is 307 g/mol. The molecule has 0 aliphatic heterocycles. The Hall–Kier alpha value is -1.51. The molecule has 0 aliphatic carbocycles. The number of amides is 1. The standard InChI is InChI=1S/C16H15Cl2NO/c1-11-3-2-4-14(15(11)18)16(20)19-13-7-5-12(6-8-13)9-10-17/h2-8H,9-10H2,1H3,(H,19,20). The summed E-state index contributed by atoms with van der Waals surface area (Å²) in [6, 6.07) is 13.0. The predicted octanol–water partition coefficient (Wildman–Crippen LogP) is 4.68. The smallest absolute Gasteiger partial charge is 0.257 e. The number of carbonyl (C=O) groups excluding carboxylic acids is 1. The lowest BCUT2D eigenvalue weighted by molar-refractivity contribution is 0.102. The number of hydrogen-bond acceptors (Lipinski definition) is 1. The van der Waals surface area contributed by atoms with Gasteiger partial charge in [-0.1, -0.05) is 35.9 Å². The van der Waals surface area contributed by atoms with Gasteiger partial charge in [0.1, 0.15) is 0 Å². The molecule has 0 atom stereocenters. The Balaban J connectivity index is 2.13. The van der Waals surface area contributed by atoms with Crippen molar-refractivity contribution in [3.63, 3.8) is 0 Å². The highest BCUT2D eigenvalue weighted by Gasteiger charge is 2.11. The summed E-state index contributed by atoms with van der Waals surface area (Å²) in [5, 5.41) is 3.33. The highest BCUT2D eigenvalue weighted by molar-refractivity contribution is 6.35. The molecule has 1 N–H and O–H groups in total. The Kier molecular flexibility index (Phi) is 5.05. The van der Waals surface area contributed by atoms with Crippen LogP contribution in [0.15, 0.2) is 42.5 Å². The molecule has 20 heavy (non-hydrogen) atoms. The van der Waals surface area contributed by atoms with E-state index in [1.54, 1.807) is 6.07 Å². The number of benzene rings is 2. The fraction of sp³-hybridized carbons (Fsp3) is 0.188. The number of aryl methyl sites for hydroxylation is 2. The second kappa shape index (κ2) is 6.78. The van der Waals surface area contributed by atoms with Crippen LogP contribution in [0.4, 0.5) is 5.69 Å². The molecule has 0 unspecified atom stereocenters. The van der Waals surface area contributed by atoms with Gasteiger partial charge in [-0.25, -0.2) is 0 Å². The van der Waals surface area contributed by atoms with Crippen molar-refractivity contribution in [1.82, 2.24) is 0 Å². The van der Waals surface area contributed by atoms with Crippen LogP contribution in [-0.2, 0) is 6.42 Å². The minimum Gasteiger partial charge on any atom is -0.322 e. The predicted molar refractivity (Wildman–Crippen MR) is 85.0 cm³/mol. The van der Waals surface area contributed by atoms with E-state index in [2.05, 4.69) is 5.32 Å². The molecule has 2 aromatic carbocycles. The van der Waals surface area contributed by atoms with Gasteiger partial charge in [-0.3, -0.25) is 4.79 Å². The van der Waals surface area contributed by atoms with Gasteiger partial charge in [0.05, 0.1) is 10.6 Å². The Morgan fingerprint density at radius 2 is 1.85 bits per heavy atom. The summed E-state index contributed by atoms with van der Waals surface area (Å²) in [5.41, 5.74) is 3.26. The minimum absolute atomic E-state index is 0.205. The molecule has 0 bridgehead atoms. The van der Waals surface area contributed by atoms with Gasteiger partial charge >= 0.3 is 0 Å². The van der Waals surface area contributed by atoms with E-state index >= 15 is 0 Å². The summed E-state index contributed by atoms with van der Waals surface area (Å²) in [6.45, 7) is 1.88. The fourth-order valence-corrected chi connectivity index (χ4v) is 2.32. The van der Waals surface area contributed by atoms with Gasteiger partial charge in [0.25, 0.3) is 5.91 Å². The van der Waals surface area contributed by atoms with Crippen molar-refractivity contribution in [2.24, 2.45) is 0 Å². The van der Waals surface area contributed by atoms with Crippen molar-refractivity contribution in [3.05, 3.63) is 64.2 Å². The van der Waals surface area contributed by atoms with E-state index in [-0.39, 0.29) is 5.91 Å². The Labute approximate surface area is 128 Å². The normalized spacial score (nSPS) is 10.3. The number of carbonyl (C=O) groups is 1. The Morgan fingerprint density at radius 1 is 1.15 bits per heavy atom. The van der Waals surface area contributed by atoms with Crippen molar-refractivity contribution in [1.29, 1.82) is 0 Å². The maximum Gasteiger partial charge on any atom is 0.257 e. The van der Waals surface area contributed by atoms with E-state index in [1.807, 2.05) is 43.3 Å². The number of rotatable bonds is 4. The van der Waals surface area contributed by atoms with Gasteiger partial charge in [0.15, 0.2) is 0 Å². The van der Waals surface area contributed by atoms with Crippen LogP contribution in [0.3, 0.4) is 0 Å². The van der Waals surface area contributed by atoms with Crippen molar-refractivity contribution < 1.29 is 4.79 Å². The highest BCUT2D eigenvalue weighted by Crippen LogP contribution is 2.21. The third-order valence-electron chi connectivity index (χ3n) is 3.03. The molecular formula is C16H15Cl2NO. The lowest BCUT2D eigenvalue weighted by atomic mass is 10.1. The molecule has 0 radical (unpaired) electrons. The van der Waals surface area contributed by atoms with E-state index in [4.69, 9.17) is 23.2 Å². The number of alkyl halides is 1. The Morgan fingerprint density at radius 3 is 2.50 bits per heavy atom. The maximum absolute atomic E-state index is 12.2. The molecule has 0 saturated heterocycles. The molecule has 0 aromatic heterocycles. The van der Waals surface area contributed by atoms with Gasteiger partial charge in [0.2, 0.25) is 0 Å². The van der Waals surface area contributed by atoms with Crippen molar-refractivity contribution in [3.8, 4) is 0 Å². The summed E-state index contributed by atoms with van der Waals surface area (Å²) in [7, 11) is 0. The maximum atomic E-state index is 12.2. The summed E-state index contributed by atoms with van der Waals surface area (Å²) < 4.78 is 0. The molecule has 2 nitrogen and oxygen atoms in total. The van der Waals surface area contributed by atoms with E-state index < -0.39 is 0 Å². The number of anilines is 1. The molecule has 0 spiro atoms. The molecular weight excluding hydrogens is 293 g/mol. The number of hydrogen-bond donors (Lipinski definition) is 1.